The molecule has 1 aromatic heterocycles. The Morgan fingerprint density at radius 3 is 2.54 bits per heavy atom. The number of aromatic nitrogens is 1. The molecule has 0 spiro atoms. The van der Waals surface area contributed by atoms with Crippen molar-refractivity contribution >= 4 is 23.4 Å². The molecule has 0 unspecified atom stereocenters. The van der Waals surface area contributed by atoms with Gasteiger partial charge in [-0.1, -0.05) is 41.7 Å². The van der Waals surface area contributed by atoms with Crippen molar-refractivity contribution < 1.29 is 19.0 Å². The van der Waals surface area contributed by atoms with Gasteiger partial charge >= 0.3 is 5.97 Å². The lowest BCUT2D eigenvalue weighted by molar-refractivity contribution is -0.143. The normalized spacial score (nSPS) is 15.6. The number of para-hydroxylation sites is 1. The Bertz CT molecular complexity index is 1450. The second-order valence-electron chi connectivity index (χ2n) is 8.28. The van der Waals surface area contributed by atoms with Gasteiger partial charge in [0.1, 0.15) is 11.5 Å². The van der Waals surface area contributed by atoms with Gasteiger partial charge in [-0.3, -0.25) is 9.36 Å². The Kier molecular flexibility index (Phi) is 7.21. The number of carbonyl (C=O) groups excluding carboxylic acids is 1. The molecular weight excluding hydrogens is 464 g/mol. The van der Waals surface area contributed by atoms with Gasteiger partial charge < -0.3 is 14.2 Å². The van der Waals surface area contributed by atoms with Crippen LogP contribution >= 0.6 is 11.3 Å². The fourth-order valence-corrected chi connectivity index (χ4v) is 5.05. The van der Waals surface area contributed by atoms with Crippen LogP contribution in [-0.2, 0) is 9.53 Å². The summed E-state index contributed by atoms with van der Waals surface area (Å²) in [6, 6.07) is 14.2. The van der Waals surface area contributed by atoms with Gasteiger partial charge in [-0.25, -0.2) is 9.79 Å². The van der Waals surface area contributed by atoms with E-state index < -0.39 is 12.0 Å². The highest BCUT2D eigenvalue weighted by Crippen LogP contribution is 2.32. The number of fused-ring (bicyclic) bond motifs is 1. The molecule has 35 heavy (non-hydrogen) atoms. The number of ether oxygens (including phenoxy) is 3. The first-order valence-corrected chi connectivity index (χ1v) is 12.2. The molecule has 4 rings (SSSR count). The number of esters is 1. The summed E-state index contributed by atoms with van der Waals surface area (Å²) in [6.07, 6.45) is 1.49. The second-order valence-corrected chi connectivity index (χ2v) is 9.29. The number of nitrogens with zero attached hydrogens (tertiary/aromatic N) is 2. The Morgan fingerprint density at radius 2 is 1.89 bits per heavy atom. The minimum absolute atomic E-state index is 0.235. The standard InChI is InChI=1S/C27H28N2O5S/c1-6-33-20-13-11-18(12-14-20)24-23(26(31)34-16(2)3)17(4)28-27-29(24)25(30)22(35-27)15-19-9-7-8-10-21(19)32-5/h7-16,24H,6H2,1-5H3/b22-15+/t24-/m1/s1. The molecule has 0 N–H and O–H groups in total. The molecule has 0 saturated carbocycles. The third kappa shape index (κ3) is 4.93. The number of carbonyl (C=O) groups is 1. The van der Waals surface area contributed by atoms with Crippen molar-refractivity contribution in [2.75, 3.05) is 13.7 Å². The molecule has 182 valence electrons. The molecule has 0 fully saturated rings. The summed E-state index contributed by atoms with van der Waals surface area (Å²) in [5, 5.41) is 0. The molecule has 0 aliphatic carbocycles. The van der Waals surface area contributed by atoms with Gasteiger partial charge in [0.25, 0.3) is 5.56 Å². The van der Waals surface area contributed by atoms with Gasteiger partial charge in [-0.2, -0.15) is 0 Å². The van der Waals surface area contributed by atoms with Crippen LogP contribution < -0.4 is 24.4 Å². The molecule has 0 bridgehead atoms. The second kappa shape index (κ2) is 10.3. The van der Waals surface area contributed by atoms with Crippen LogP contribution in [0.3, 0.4) is 0 Å². The summed E-state index contributed by atoms with van der Waals surface area (Å²) in [7, 11) is 1.59. The van der Waals surface area contributed by atoms with E-state index in [9.17, 15) is 9.59 Å². The van der Waals surface area contributed by atoms with E-state index in [1.165, 1.54) is 11.3 Å². The first-order chi connectivity index (χ1) is 16.8. The molecule has 7 nitrogen and oxygen atoms in total. The lowest BCUT2D eigenvalue weighted by Crippen LogP contribution is -2.40. The molecule has 8 heteroatoms. The van der Waals surface area contributed by atoms with E-state index in [2.05, 4.69) is 4.99 Å². The van der Waals surface area contributed by atoms with E-state index in [0.29, 0.717) is 38.7 Å². The van der Waals surface area contributed by atoms with Gasteiger partial charge in [0.05, 0.1) is 41.7 Å². The molecule has 0 radical (unpaired) electrons. The number of rotatable bonds is 7. The molecular formula is C27H28N2O5S. The zero-order valence-corrected chi connectivity index (χ0v) is 21.2. The third-order valence-corrected chi connectivity index (χ3v) is 6.50. The van der Waals surface area contributed by atoms with Crippen LogP contribution in [-0.4, -0.2) is 30.4 Å². The summed E-state index contributed by atoms with van der Waals surface area (Å²) >= 11 is 1.28. The molecule has 2 aromatic carbocycles. The molecule has 0 amide bonds. The minimum Gasteiger partial charge on any atom is -0.496 e. The van der Waals surface area contributed by atoms with Gasteiger partial charge in [0, 0.05) is 5.56 Å². The molecule has 1 atom stereocenters. The molecule has 0 saturated heterocycles. The first-order valence-electron chi connectivity index (χ1n) is 11.4. The van der Waals surface area contributed by atoms with Crippen molar-refractivity contribution in [1.29, 1.82) is 0 Å². The highest BCUT2D eigenvalue weighted by Gasteiger charge is 2.33. The Balaban J connectivity index is 1.92. The Hall–Kier alpha value is -3.65. The topological polar surface area (TPSA) is 79.1 Å². The van der Waals surface area contributed by atoms with E-state index in [4.69, 9.17) is 14.2 Å². The van der Waals surface area contributed by atoms with Crippen molar-refractivity contribution in [3.63, 3.8) is 0 Å². The fraction of sp³-hybridized carbons (Fsp3) is 0.296. The summed E-state index contributed by atoms with van der Waals surface area (Å²) in [6.45, 7) is 7.82. The summed E-state index contributed by atoms with van der Waals surface area (Å²) in [4.78, 5) is 32.0. The maximum Gasteiger partial charge on any atom is 0.338 e. The predicted octanol–water partition coefficient (Wildman–Crippen LogP) is 3.59. The third-order valence-electron chi connectivity index (χ3n) is 5.52. The van der Waals surface area contributed by atoms with Crippen molar-refractivity contribution in [2.24, 2.45) is 4.99 Å². The first kappa shape index (κ1) is 24.5. The minimum atomic E-state index is -0.673. The van der Waals surface area contributed by atoms with Crippen molar-refractivity contribution in [3.05, 3.63) is 90.6 Å². The SMILES string of the molecule is CCOc1ccc([C@@H]2C(C(=O)OC(C)C)=C(C)N=c3s/c(=C/c4ccccc4OC)c(=O)n32)cc1. The lowest BCUT2D eigenvalue weighted by Gasteiger charge is -2.25. The predicted molar refractivity (Wildman–Crippen MR) is 136 cm³/mol. The number of methoxy groups -OCH3 is 1. The van der Waals surface area contributed by atoms with Crippen LogP contribution in [0.25, 0.3) is 6.08 Å². The van der Waals surface area contributed by atoms with Crippen LogP contribution in [0.5, 0.6) is 11.5 Å². The Morgan fingerprint density at radius 1 is 1.17 bits per heavy atom. The van der Waals surface area contributed by atoms with E-state index in [1.807, 2.05) is 55.5 Å². The van der Waals surface area contributed by atoms with Gasteiger partial charge in [-0.05, 0) is 57.5 Å². The number of benzene rings is 2. The fourth-order valence-electron chi connectivity index (χ4n) is 4.02. The zero-order chi connectivity index (χ0) is 25.1. The lowest BCUT2D eigenvalue weighted by atomic mass is 9.96. The Labute approximate surface area is 207 Å². The zero-order valence-electron chi connectivity index (χ0n) is 20.4. The molecule has 1 aliphatic heterocycles. The van der Waals surface area contributed by atoms with Crippen molar-refractivity contribution in [3.8, 4) is 11.5 Å². The quantitative estimate of drug-likeness (QED) is 0.471. The van der Waals surface area contributed by atoms with Crippen LogP contribution in [0.2, 0.25) is 0 Å². The number of allylic oxidation sites excluding steroid dienone is 1. The van der Waals surface area contributed by atoms with Gasteiger partial charge in [-0.15, -0.1) is 0 Å². The average Bonchev–Trinajstić information content (AvgIpc) is 3.13. The van der Waals surface area contributed by atoms with Crippen LogP contribution in [0, 0.1) is 0 Å². The summed E-state index contributed by atoms with van der Waals surface area (Å²) in [5.74, 6) is 0.893. The van der Waals surface area contributed by atoms with Crippen LogP contribution in [0.15, 0.2) is 69.6 Å². The van der Waals surface area contributed by atoms with Gasteiger partial charge in [0.15, 0.2) is 4.80 Å². The van der Waals surface area contributed by atoms with Crippen LogP contribution in [0.4, 0.5) is 0 Å². The molecule has 3 aromatic rings. The average molecular weight is 493 g/mol. The van der Waals surface area contributed by atoms with E-state index in [1.54, 1.807) is 38.5 Å². The number of hydrogen-bond donors (Lipinski definition) is 0. The van der Waals surface area contributed by atoms with Crippen molar-refractivity contribution in [1.82, 2.24) is 4.57 Å². The number of thiazole rings is 1. The highest BCUT2D eigenvalue weighted by atomic mass is 32.1. The maximum atomic E-state index is 13.7. The van der Waals surface area contributed by atoms with E-state index >= 15 is 0 Å². The summed E-state index contributed by atoms with van der Waals surface area (Å²) in [5.41, 5.74) is 2.19. The maximum absolute atomic E-state index is 13.7. The monoisotopic (exact) mass is 492 g/mol. The molecule has 2 heterocycles. The smallest absolute Gasteiger partial charge is 0.338 e. The molecule has 1 aliphatic rings. The van der Waals surface area contributed by atoms with Crippen molar-refractivity contribution in [2.45, 2.75) is 39.8 Å². The number of hydrogen-bond acceptors (Lipinski definition) is 7. The van der Waals surface area contributed by atoms with Crippen LogP contribution in [0.1, 0.15) is 44.9 Å². The summed E-state index contributed by atoms with van der Waals surface area (Å²) < 4.78 is 18.6. The highest BCUT2D eigenvalue weighted by molar-refractivity contribution is 7.07. The largest absolute Gasteiger partial charge is 0.496 e. The van der Waals surface area contributed by atoms with E-state index in [0.717, 1.165) is 11.1 Å². The van der Waals surface area contributed by atoms with E-state index in [-0.39, 0.29) is 11.7 Å². The van der Waals surface area contributed by atoms with Gasteiger partial charge in [0.2, 0.25) is 0 Å².